The lowest BCUT2D eigenvalue weighted by Gasteiger charge is -2.13. The Bertz CT molecular complexity index is 285. The van der Waals surface area contributed by atoms with Gasteiger partial charge in [-0.05, 0) is 17.9 Å². The second kappa shape index (κ2) is 5.62. The number of rotatable bonds is 5. The third kappa shape index (κ3) is 3.01. The van der Waals surface area contributed by atoms with Gasteiger partial charge in [-0.25, -0.2) is 0 Å². The van der Waals surface area contributed by atoms with Crippen molar-refractivity contribution >= 4 is 17.2 Å². The highest BCUT2D eigenvalue weighted by Gasteiger charge is 2.11. The summed E-state index contributed by atoms with van der Waals surface area (Å²) in [5, 5.41) is 13.4. The minimum atomic E-state index is -0.304. The molecule has 1 atom stereocenters. The van der Waals surface area contributed by atoms with Crippen molar-refractivity contribution in [2.24, 2.45) is 10.9 Å². The summed E-state index contributed by atoms with van der Waals surface area (Å²) in [6.07, 6.45) is 0.392. The minimum Gasteiger partial charge on any atom is -0.409 e. The Morgan fingerprint density at radius 2 is 2.57 bits per heavy atom. The first kappa shape index (κ1) is 11.0. The van der Waals surface area contributed by atoms with Crippen LogP contribution in [0.25, 0.3) is 0 Å². The van der Waals surface area contributed by atoms with Crippen molar-refractivity contribution in [2.75, 3.05) is 0 Å². The second-order valence-corrected chi connectivity index (χ2v) is 3.84. The van der Waals surface area contributed by atoms with E-state index < -0.39 is 0 Å². The number of oxime groups is 1. The van der Waals surface area contributed by atoms with Gasteiger partial charge in [0.1, 0.15) is 6.10 Å². The summed E-state index contributed by atoms with van der Waals surface area (Å²) >= 11 is 1.63. The van der Waals surface area contributed by atoms with E-state index in [9.17, 15) is 0 Å². The number of amidine groups is 1. The van der Waals surface area contributed by atoms with Gasteiger partial charge < -0.3 is 15.7 Å². The first-order valence-corrected chi connectivity index (χ1v) is 5.27. The first-order chi connectivity index (χ1) is 6.77. The van der Waals surface area contributed by atoms with E-state index in [1.54, 1.807) is 11.3 Å². The summed E-state index contributed by atoms with van der Waals surface area (Å²) in [4.78, 5) is 1.13. The lowest BCUT2D eigenvalue weighted by molar-refractivity contribution is 0.0806. The molecule has 0 spiro atoms. The van der Waals surface area contributed by atoms with E-state index in [0.29, 0.717) is 13.0 Å². The molecule has 1 heterocycles. The van der Waals surface area contributed by atoms with Crippen molar-refractivity contribution in [3.05, 3.63) is 22.4 Å². The molecule has 0 bridgehead atoms. The van der Waals surface area contributed by atoms with Crippen LogP contribution in [0.5, 0.6) is 0 Å². The molecule has 5 heteroatoms. The molecule has 1 aromatic heterocycles. The van der Waals surface area contributed by atoms with Crippen LogP contribution < -0.4 is 5.73 Å². The molecule has 0 saturated carbocycles. The molecule has 1 unspecified atom stereocenters. The maximum atomic E-state index is 8.48. The molecule has 0 fully saturated rings. The summed E-state index contributed by atoms with van der Waals surface area (Å²) < 4.78 is 5.48. The predicted molar refractivity (Wildman–Crippen MR) is 56.6 cm³/mol. The molecule has 1 aromatic rings. The van der Waals surface area contributed by atoms with Gasteiger partial charge in [0.25, 0.3) is 0 Å². The highest BCUT2D eigenvalue weighted by atomic mass is 32.1. The van der Waals surface area contributed by atoms with Gasteiger partial charge in [-0.1, -0.05) is 18.1 Å². The smallest absolute Gasteiger partial charge is 0.168 e. The molecule has 0 aliphatic heterocycles. The molecule has 0 aliphatic carbocycles. The molecule has 1 rings (SSSR count). The fraction of sp³-hybridized carbons (Fsp3) is 0.444. The Morgan fingerprint density at radius 3 is 3.07 bits per heavy atom. The van der Waals surface area contributed by atoms with Gasteiger partial charge in [-0.3, -0.25) is 0 Å². The number of hydrogen-bond acceptors (Lipinski definition) is 4. The Morgan fingerprint density at radius 1 is 1.79 bits per heavy atom. The van der Waals surface area contributed by atoms with E-state index in [-0.39, 0.29) is 11.9 Å². The monoisotopic (exact) mass is 214 g/mol. The number of hydrogen-bond donors (Lipinski definition) is 2. The van der Waals surface area contributed by atoms with E-state index in [0.717, 1.165) is 4.88 Å². The zero-order chi connectivity index (χ0) is 10.4. The van der Waals surface area contributed by atoms with Gasteiger partial charge in [0.15, 0.2) is 5.84 Å². The van der Waals surface area contributed by atoms with Crippen LogP contribution in [0.3, 0.4) is 0 Å². The van der Waals surface area contributed by atoms with E-state index in [2.05, 4.69) is 5.16 Å². The highest BCUT2D eigenvalue weighted by molar-refractivity contribution is 7.09. The van der Waals surface area contributed by atoms with Crippen LogP contribution in [-0.4, -0.2) is 17.1 Å². The Hall–Kier alpha value is -1.07. The molecule has 0 aromatic carbocycles. The number of ether oxygens (including phenoxy) is 1. The van der Waals surface area contributed by atoms with E-state index in [1.807, 2.05) is 24.4 Å². The normalized spacial score (nSPS) is 14.2. The highest BCUT2D eigenvalue weighted by Crippen LogP contribution is 2.11. The first-order valence-electron chi connectivity index (χ1n) is 4.39. The molecule has 78 valence electrons. The van der Waals surface area contributed by atoms with Gasteiger partial charge in [-0.15, -0.1) is 11.3 Å². The average Bonchev–Trinajstić information content (AvgIpc) is 2.71. The molecule has 4 nitrogen and oxygen atoms in total. The van der Waals surface area contributed by atoms with Crippen molar-refractivity contribution in [2.45, 2.75) is 26.1 Å². The minimum absolute atomic E-state index is 0.129. The molecular formula is C9H14N2O2S. The third-order valence-electron chi connectivity index (χ3n) is 1.82. The van der Waals surface area contributed by atoms with Crippen molar-refractivity contribution < 1.29 is 9.94 Å². The van der Waals surface area contributed by atoms with Gasteiger partial charge >= 0.3 is 0 Å². The average molecular weight is 214 g/mol. The number of nitrogens with two attached hydrogens (primary N) is 1. The molecule has 0 aliphatic rings. The largest absolute Gasteiger partial charge is 0.409 e. The van der Waals surface area contributed by atoms with Crippen molar-refractivity contribution in [1.82, 2.24) is 0 Å². The summed E-state index contributed by atoms with van der Waals surface area (Å²) in [5.41, 5.74) is 5.45. The fourth-order valence-electron chi connectivity index (χ4n) is 1.05. The zero-order valence-corrected chi connectivity index (χ0v) is 8.83. The maximum absolute atomic E-state index is 8.48. The predicted octanol–water partition coefficient (Wildman–Crippen LogP) is 1.79. The summed E-state index contributed by atoms with van der Waals surface area (Å²) in [6.45, 7) is 2.43. The van der Waals surface area contributed by atoms with Crippen LogP contribution in [0.1, 0.15) is 18.2 Å². The summed E-state index contributed by atoms with van der Waals surface area (Å²) in [7, 11) is 0. The molecule has 0 radical (unpaired) electrons. The molecule has 0 saturated heterocycles. The van der Waals surface area contributed by atoms with Gasteiger partial charge in [-0.2, -0.15) is 0 Å². The lowest BCUT2D eigenvalue weighted by atomic mass is 10.2. The Labute approximate surface area is 87.0 Å². The molecular weight excluding hydrogens is 200 g/mol. The standard InChI is InChI=1S/C9H14N2O2S/c1-2-8(9(10)11-12)13-6-7-4-3-5-14-7/h3-5,8,12H,2,6H2,1H3,(H2,10,11). The van der Waals surface area contributed by atoms with Crippen LogP contribution in [-0.2, 0) is 11.3 Å². The lowest BCUT2D eigenvalue weighted by Crippen LogP contribution is -2.30. The van der Waals surface area contributed by atoms with E-state index in [4.69, 9.17) is 15.7 Å². The van der Waals surface area contributed by atoms with E-state index >= 15 is 0 Å². The van der Waals surface area contributed by atoms with Crippen molar-refractivity contribution in [3.8, 4) is 0 Å². The van der Waals surface area contributed by atoms with Crippen molar-refractivity contribution in [3.63, 3.8) is 0 Å². The van der Waals surface area contributed by atoms with Gasteiger partial charge in [0.05, 0.1) is 6.61 Å². The van der Waals surface area contributed by atoms with Crippen LogP contribution >= 0.6 is 11.3 Å². The summed E-state index contributed by atoms with van der Waals surface area (Å²) in [5.74, 6) is 0.129. The second-order valence-electron chi connectivity index (χ2n) is 2.81. The topological polar surface area (TPSA) is 67.8 Å². The molecule has 3 N–H and O–H groups in total. The van der Waals surface area contributed by atoms with E-state index in [1.165, 1.54) is 0 Å². The third-order valence-corrected chi connectivity index (χ3v) is 2.67. The SMILES string of the molecule is CCC(OCc1cccs1)C(N)=NO. The summed E-state index contributed by atoms with van der Waals surface area (Å²) in [6, 6.07) is 3.96. The fourth-order valence-corrected chi connectivity index (χ4v) is 1.68. The maximum Gasteiger partial charge on any atom is 0.168 e. The van der Waals surface area contributed by atoms with Crippen molar-refractivity contribution in [1.29, 1.82) is 0 Å². The van der Waals surface area contributed by atoms with Gasteiger partial charge in [0, 0.05) is 4.88 Å². The van der Waals surface area contributed by atoms with Crippen LogP contribution in [0.4, 0.5) is 0 Å². The zero-order valence-electron chi connectivity index (χ0n) is 8.01. The van der Waals surface area contributed by atoms with Crippen LogP contribution in [0, 0.1) is 0 Å². The number of thiophene rings is 1. The Balaban J connectivity index is 2.42. The van der Waals surface area contributed by atoms with Crippen LogP contribution in [0.15, 0.2) is 22.7 Å². The quantitative estimate of drug-likeness (QED) is 0.340. The van der Waals surface area contributed by atoms with Gasteiger partial charge in [0.2, 0.25) is 0 Å². The molecule has 14 heavy (non-hydrogen) atoms. The van der Waals surface area contributed by atoms with Crippen LogP contribution in [0.2, 0.25) is 0 Å². The Kier molecular flexibility index (Phi) is 4.42. The number of nitrogens with zero attached hydrogens (tertiary/aromatic N) is 1. The molecule has 0 amide bonds.